The number of nitrogens with one attached hydrogen (secondary N) is 2. The standard InChI is InChI=1S/C27H23F2N3O4S/c28-22-7-4-8-23(29)26(22)37(35,36)32-24(27(33)34)16-18-10-12-20(13-11-18)21-6-3-5-19(15-21)17-31-25-9-1-2-14-30-25/h1-15,24,32H,16-17H2,(H,30,31)(H,33,34)/t24-/m0/s1. The fourth-order valence-corrected chi connectivity index (χ4v) is 5.08. The minimum Gasteiger partial charge on any atom is -0.480 e. The molecule has 1 atom stereocenters. The van der Waals surface area contributed by atoms with Gasteiger partial charge in [-0.1, -0.05) is 54.6 Å². The zero-order valence-corrected chi connectivity index (χ0v) is 20.3. The van der Waals surface area contributed by atoms with Gasteiger partial charge in [0.25, 0.3) is 0 Å². The zero-order valence-electron chi connectivity index (χ0n) is 19.4. The molecule has 1 aromatic heterocycles. The van der Waals surface area contributed by atoms with E-state index in [4.69, 9.17) is 0 Å². The Morgan fingerprint density at radius 3 is 2.22 bits per heavy atom. The van der Waals surface area contributed by atoms with Crippen LogP contribution >= 0.6 is 0 Å². The number of carbonyl (C=O) groups is 1. The summed E-state index contributed by atoms with van der Waals surface area (Å²) in [6.45, 7) is 0.575. The van der Waals surface area contributed by atoms with Crippen molar-refractivity contribution < 1.29 is 27.1 Å². The molecule has 4 aromatic rings. The van der Waals surface area contributed by atoms with E-state index in [1.165, 1.54) is 0 Å². The van der Waals surface area contributed by atoms with Crippen LogP contribution in [0.15, 0.2) is 96.0 Å². The lowest BCUT2D eigenvalue weighted by Gasteiger charge is -2.16. The fraction of sp³-hybridized carbons (Fsp3) is 0.111. The van der Waals surface area contributed by atoms with E-state index in [2.05, 4.69) is 10.3 Å². The Morgan fingerprint density at radius 2 is 1.57 bits per heavy atom. The molecule has 0 bridgehead atoms. The average Bonchev–Trinajstić information content (AvgIpc) is 2.88. The summed E-state index contributed by atoms with van der Waals surface area (Å²) in [4.78, 5) is 14.8. The van der Waals surface area contributed by atoms with Crippen LogP contribution in [0.25, 0.3) is 11.1 Å². The van der Waals surface area contributed by atoms with E-state index in [9.17, 15) is 27.1 Å². The topological polar surface area (TPSA) is 108 Å². The monoisotopic (exact) mass is 523 g/mol. The van der Waals surface area contributed by atoms with Crippen molar-refractivity contribution in [3.63, 3.8) is 0 Å². The van der Waals surface area contributed by atoms with Crippen LogP contribution in [0.3, 0.4) is 0 Å². The maximum atomic E-state index is 14.0. The molecule has 0 fully saturated rings. The largest absolute Gasteiger partial charge is 0.480 e. The van der Waals surface area contributed by atoms with Crippen LogP contribution in [-0.4, -0.2) is 30.5 Å². The molecular formula is C27H23F2N3O4S. The van der Waals surface area contributed by atoms with E-state index in [-0.39, 0.29) is 6.42 Å². The number of hydrogen-bond donors (Lipinski definition) is 3. The Bertz CT molecular complexity index is 1480. The summed E-state index contributed by atoms with van der Waals surface area (Å²) < 4.78 is 54.9. The van der Waals surface area contributed by atoms with Gasteiger partial charge in [0.15, 0.2) is 4.90 Å². The molecule has 7 nitrogen and oxygen atoms in total. The third-order valence-corrected chi connectivity index (χ3v) is 7.10. The molecule has 10 heteroatoms. The third-order valence-electron chi connectivity index (χ3n) is 5.58. The van der Waals surface area contributed by atoms with Crippen molar-refractivity contribution in [3.8, 4) is 11.1 Å². The number of halogens is 2. The van der Waals surface area contributed by atoms with E-state index >= 15 is 0 Å². The van der Waals surface area contributed by atoms with Gasteiger partial charge in [-0.2, -0.15) is 4.72 Å². The number of anilines is 1. The number of hydrogen-bond acceptors (Lipinski definition) is 5. The van der Waals surface area contributed by atoms with Crippen LogP contribution in [0.2, 0.25) is 0 Å². The second-order valence-corrected chi connectivity index (χ2v) is 9.88. The number of pyridine rings is 1. The van der Waals surface area contributed by atoms with Gasteiger partial charge in [0.05, 0.1) is 0 Å². The number of sulfonamides is 1. The van der Waals surface area contributed by atoms with Crippen molar-refractivity contribution >= 4 is 21.8 Å². The molecule has 37 heavy (non-hydrogen) atoms. The van der Waals surface area contributed by atoms with Crippen LogP contribution in [-0.2, 0) is 27.8 Å². The van der Waals surface area contributed by atoms with Crippen LogP contribution in [0.5, 0.6) is 0 Å². The van der Waals surface area contributed by atoms with Crippen molar-refractivity contribution in [1.29, 1.82) is 0 Å². The summed E-state index contributed by atoms with van der Waals surface area (Å²) in [6, 6.07) is 21.4. The van der Waals surface area contributed by atoms with Gasteiger partial charge in [-0.3, -0.25) is 4.79 Å². The van der Waals surface area contributed by atoms with Crippen LogP contribution in [0.1, 0.15) is 11.1 Å². The van der Waals surface area contributed by atoms with Gasteiger partial charge in [0.2, 0.25) is 10.0 Å². The predicted octanol–water partition coefficient (Wildman–Crippen LogP) is 4.61. The highest BCUT2D eigenvalue weighted by atomic mass is 32.2. The molecule has 4 rings (SSSR count). The molecule has 0 saturated carbocycles. The molecule has 0 radical (unpaired) electrons. The van der Waals surface area contributed by atoms with Gasteiger partial charge in [0, 0.05) is 12.7 Å². The number of nitrogens with zero attached hydrogens (tertiary/aromatic N) is 1. The van der Waals surface area contributed by atoms with Crippen molar-refractivity contribution in [3.05, 3.63) is 114 Å². The van der Waals surface area contributed by atoms with Gasteiger partial charge < -0.3 is 10.4 Å². The molecular weight excluding hydrogens is 500 g/mol. The van der Waals surface area contributed by atoms with E-state index < -0.39 is 38.6 Å². The zero-order chi connectivity index (χ0) is 26.4. The highest BCUT2D eigenvalue weighted by Gasteiger charge is 2.30. The SMILES string of the molecule is O=C(O)[C@H](Cc1ccc(-c2cccc(CNc3ccccn3)c2)cc1)NS(=O)(=O)c1c(F)cccc1F. The summed E-state index contributed by atoms with van der Waals surface area (Å²) in [6.07, 6.45) is 1.48. The first kappa shape index (κ1) is 25.9. The van der Waals surface area contributed by atoms with E-state index in [1.807, 2.05) is 47.2 Å². The Balaban J connectivity index is 1.46. The molecule has 0 aliphatic rings. The molecule has 0 aliphatic heterocycles. The van der Waals surface area contributed by atoms with Crippen molar-refractivity contribution in [2.45, 2.75) is 23.9 Å². The second-order valence-electron chi connectivity index (χ2n) is 8.23. The Morgan fingerprint density at radius 1 is 0.865 bits per heavy atom. The molecule has 0 saturated heterocycles. The van der Waals surface area contributed by atoms with Crippen molar-refractivity contribution in [2.75, 3.05) is 5.32 Å². The maximum absolute atomic E-state index is 14.0. The normalized spacial score (nSPS) is 12.2. The molecule has 3 N–H and O–H groups in total. The average molecular weight is 524 g/mol. The molecule has 0 amide bonds. The summed E-state index contributed by atoms with van der Waals surface area (Å²) in [5, 5.41) is 12.8. The second kappa shape index (κ2) is 11.3. The Hall–Kier alpha value is -4.15. The Labute approximate surface area is 212 Å². The van der Waals surface area contributed by atoms with Crippen molar-refractivity contribution in [2.24, 2.45) is 0 Å². The number of carboxylic acids is 1. The minimum absolute atomic E-state index is 0.223. The highest BCUT2D eigenvalue weighted by Crippen LogP contribution is 2.23. The molecule has 1 heterocycles. The van der Waals surface area contributed by atoms with Gasteiger partial charge in [-0.15, -0.1) is 0 Å². The highest BCUT2D eigenvalue weighted by molar-refractivity contribution is 7.89. The Kier molecular flexibility index (Phi) is 7.90. The van der Waals surface area contributed by atoms with E-state index in [1.54, 1.807) is 30.5 Å². The molecule has 0 aliphatic carbocycles. The number of aliphatic carboxylic acids is 1. The van der Waals surface area contributed by atoms with Gasteiger partial charge in [-0.05, 0) is 59.0 Å². The van der Waals surface area contributed by atoms with Gasteiger partial charge >= 0.3 is 5.97 Å². The lowest BCUT2D eigenvalue weighted by molar-refractivity contribution is -0.138. The molecule has 190 valence electrons. The van der Waals surface area contributed by atoms with Crippen molar-refractivity contribution in [1.82, 2.24) is 9.71 Å². The molecule has 0 spiro atoms. The molecule has 0 unspecified atom stereocenters. The smallest absolute Gasteiger partial charge is 0.322 e. The first-order valence-corrected chi connectivity index (χ1v) is 12.7. The summed E-state index contributed by atoms with van der Waals surface area (Å²) >= 11 is 0. The van der Waals surface area contributed by atoms with Crippen LogP contribution < -0.4 is 10.0 Å². The minimum atomic E-state index is -4.76. The van der Waals surface area contributed by atoms with E-state index in [0.717, 1.165) is 40.7 Å². The lowest BCUT2D eigenvalue weighted by atomic mass is 9.99. The quantitative estimate of drug-likeness (QED) is 0.280. The molecule has 3 aromatic carbocycles. The fourth-order valence-electron chi connectivity index (χ4n) is 3.75. The summed E-state index contributed by atoms with van der Waals surface area (Å²) in [5.41, 5.74) is 3.38. The van der Waals surface area contributed by atoms with Crippen LogP contribution in [0.4, 0.5) is 14.6 Å². The van der Waals surface area contributed by atoms with Gasteiger partial charge in [-0.25, -0.2) is 22.2 Å². The van der Waals surface area contributed by atoms with E-state index in [0.29, 0.717) is 12.1 Å². The van der Waals surface area contributed by atoms with Crippen LogP contribution in [0, 0.1) is 11.6 Å². The maximum Gasteiger partial charge on any atom is 0.322 e. The lowest BCUT2D eigenvalue weighted by Crippen LogP contribution is -2.42. The number of benzene rings is 3. The summed E-state index contributed by atoms with van der Waals surface area (Å²) in [5.74, 6) is -3.33. The number of carboxylic acid groups (broad SMARTS) is 1. The first-order valence-electron chi connectivity index (χ1n) is 11.3. The predicted molar refractivity (Wildman–Crippen MR) is 135 cm³/mol. The first-order chi connectivity index (χ1) is 17.7. The third kappa shape index (κ3) is 6.54. The number of rotatable bonds is 10. The summed E-state index contributed by atoms with van der Waals surface area (Å²) in [7, 11) is -4.76. The van der Waals surface area contributed by atoms with Gasteiger partial charge in [0.1, 0.15) is 23.5 Å². The number of aromatic nitrogens is 1.